The molecule has 1 aliphatic rings. The van der Waals surface area contributed by atoms with Crippen LogP contribution in [0.2, 0.25) is 0 Å². The topological polar surface area (TPSA) is 28.2 Å². The lowest BCUT2D eigenvalue weighted by molar-refractivity contribution is 0.192. The van der Waals surface area contributed by atoms with Gasteiger partial charge in [-0.15, -0.1) is 0 Å². The maximum absolute atomic E-state index is 4.45. The van der Waals surface area contributed by atoms with E-state index in [1.807, 2.05) is 12.3 Å². The van der Waals surface area contributed by atoms with Gasteiger partial charge >= 0.3 is 0 Å². The molecule has 1 saturated heterocycles. The molecule has 0 aromatic carbocycles. The van der Waals surface area contributed by atoms with Gasteiger partial charge in [-0.05, 0) is 38.4 Å². The van der Waals surface area contributed by atoms with Gasteiger partial charge in [-0.25, -0.2) is 0 Å². The molecule has 1 aromatic heterocycles. The van der Waals surface area contributed by atoms with Crippen molar-refractivity contribution in [2.75, 3.05) is 20.1 Å². The molecule has 16 heavy (non-hydrogen) atoms. The van der Waals surface area contributed by atoms with Gasteiger partial charge in [-0.2, -0.15) is 0 Å². The van der Waals surface area contributed by atoms with E-state index in [0.29, 0.717) is 6.04 Å². The summed E-state index contributed by atoms with van der Waals surface area (Å²) < 4.78 is 0. The Labute approximate surface area is 97.9 Å². The van der Waals surface area contributed by atoms with E-state index in [2.05, 4.69) is 35.2 Å². The normalized spacial score (nSPS) is 18.9. The van der Waals surface area contributed by atoms with E-state index >= 15 is 0 Å². The number of aryl methyl sites for hydroxylation is 1. The minimum Gasteiger partial charge on any atom is -0.317 e. The lowest BCUT2D eigenvalue weighted by atomic mass is 10.0. The molecule has 1 N–H and O–H groups in total. The van der Waals surface area contributed by atoms with Crippen LogP contribution in [0.3, 0.4) is 0 Å². The average Bonchev–Trinajstić information content (AvgIpc) is 2.33. The van der Waals surface area contributed by atoms with Gasteiger partial charge < -0.3 is 5.32 Å². The third-order valence-corrected chi connectivity index (χ3v) is 3.49. The molecule has 0 aliphatic carbocycles. The van der Waals surface area contributed by atoms with Crippen LogP contribution in [0.25, 0.3) is 0 Å². The number of hydrogen-bond acceptors (Lipinski definition) is 3. The van der Waals surface area contributed by atoms with Crippen molar-refractivity contribution in [3.8, 4) is 0 Å². The molecule has 0 amide bonds. The summed E-state index contributed by atoms with van der Waals surface area (Å²) in [5.41, 5.74) is 2.53. The number of likely N-dealkylation sites (tertiary alicyclic amines) is 1. The Balaban J connectivity index is 1.89. The molecule has 2 heterocycles. The summed E-state index contributed by atoms with van der Waals surface area (Å²) in [4.78, 5) is 6.96. The van der Waals surface area contributed by atoms with Crippen LogP contribution in [0.1, 0.15) is 24.1 Å². The third kappa shape index (κ3) is 2.80. The van der Waals surface area contributed by atoms with Crippen LogP contribution in [0.15, 0.2) is 18.3 Å². The molecule has 88 valence electrons. The lowest BCUT2D eigenvalue weighted by Gasteiger charge is -2.31. The predicted octanol–water partition coefficient (Wildman–Crippen LogP) is 1.57. The van der Waals surface area contributed by atoms with Gasteiger partial charge in [0.25, 0.3) is 0 Å². The Kier molecular flexibility index (Phi) is 3.91. The Morgan fingerprint density at radius 2 is 2.19 bits per heavy atom. The Morgan fingerprint density at radius 1 is 1.44 bits per heavy atom. The summed E-state index contributed by atoms with van der Waals surface area (Å²) in [6.45, 7) is 5.51. The fourth-order valence-corrected chi connectivity index (χ4v) is 2.28. The molecule has 0 bridgehead atoms. The highest BCUT2D eigenvalue weighted by Gasteiger charge is 2.18. The molecule has 0 saturated carbocycles. The molecule has 1 aliphatic heterocycles. The monoisotopic (exact) mass is 219 g/mol. The van der Waals surface area contributed by atoms with E-state index in [9.17, 15) is 0 Å². The number of hydrogen-bond donors (Lipinski definition) is 1. The molecule has 1 fully saturated rings. The first-order chi connectivity index (χ1) is 7.79. The average molecular weight is 219 g/mol. The minimum atomic E-state index is 0.709. The summed E-state index contributed by atoms with van der Waals surface area (Å²) in [7, 11) is 2.06. The van der Waals surface area contributed by atoms with Gasteiger partial charge in [-0.3, -0.25) is 9.88 Å². The second-order valence-corrected chi connectivity index (χ2v) is 4.61. The van der Waals surface area contributed by atoms with Crippen molar-refractivity contribution in [2.24, 2.45) is 0 Å². The molecule has 2 rings (SSSR count). The number of rotatable bonds is 3. The summed E-state index contributed by atoms with van der Waals surface area (Å²) >= 11 is 0. The third-order valence-electron chi connectivity index (χ3n) is 3.49. The predicted molar refractivity (Wildman–Crippen MR) is 66.3 cm³/mol. The van der Waals surface area contributed by atoms with Crippen LogP contribution in [-0.2, 0) is 6.54 Å². The number of piperidine rings is 1. The zero-order valence-electron chi connectivity index (χ0n) is 10.2. The lowest BCUT2D eigenvalue weighted by Crippen LogP contribution is -2.40. The molecule has 1 aromatic rings. The summed E-state index contributed by atoms with van der Waals surface area (Å²) in [5.74, 6) is 0. The Morgan fingerprint density at radius 3 is 2.81 bits per heavy atom. The van der Waals surface area contributed by atoms with Crippen LogP contribution >= 0.6 is 0 Å². The van der Waals surface area contributed by atoms with E-state index in [-0.39, 0.29) is 0 Å². The first-order valence-corrected chi connectivity index (χ1v) is 6.09. The Bertz CT molecular complexity index is 330. The smallest absolute Gasteiger partial charge is 0.0573 e. The van der Waals surface area contributed by atoms with Crippen molar-refractivity contribution in [2.45, 2.75) is 32.4 Å². The first-order valence-electron chi connectivity index (χ1n) is 6.09. The van der Waals surface area contributed by atoms with E-state index in [1.165, 1.54) is 37.2 Å². The zero-order chi connectivity index (χ0) is 11.4. The summed E-state index contributed by atoms with van der Waals surface area (Å²) in [6.07, 6.45) is 4.40. The molecule has 0 spiro atoms. The molecular formula is C13H21N3. The second kappa shape index (κ2) is 5.41. The highest BCUT2D eigenvalue weighted by Crippen LogP contribution is 2.14. The van der Waals surface area contributed by atoms with Crippen LogP contribution in [-0.4, -0.2) is 36.1 Å². The fourth-order valence-electron chi connectivity index (χ4n) is 2.28. The van der Waals surface area contributed by atoms with Gasteiger partial charge in [0.2, 0.25) is 0 Å². The van der Waals surface area contributed by atoms with Gasteiger partial charge in [0, 0.05) is 31.9 Å². The molecule has 3 heteroatoms. The van der Waals surface area contributed by atoms with E-state index < -0.39 is 0 Å². The second-order valence-electron chi connectivity index (χ2n) is 4.61. The van der Waals surface area contributed by atoms with Crippen molar-refractivity contribution in [3.63, 3.8) is 0 Å². The zero-order valence-corrected chi connectivity index (χ0v) is 10.2. The summed E-state index contributed by atoms with van der Waals surface area (Å²) in [6, 6.07) is 4.86. The van der Waals surface area contributed by atoms with Crippen LogP contribution < -0.4 is 5.32 Å². The number of pyridine rings is 1. The highest BCUT2D eigenvalue weighted by molar-refractivity contribution is 5.17. The highest BCUT2D eigenvalue weighted by atomic mass is 15.1. The first kappa shape index (κ1) is 11.6. The maximum atomic E-state index is 4.45. The van der Waals surface area contributed by atoms with E-state index in [1.54, 1.807) is 0 Å². The maximum Gasteiger partial charge on any atom is 0.0573 e. The molecule has 0 radical (unpaired) electrons. The number of aromatic nitrogens is 1. The summed E-state index contributed by atoms with van der Waals surface area (Å²) in [5, 5.41) is 3.36. The fraction of sp³-hybridized carbons (Fsp3) is 0.615. The number of nitrogens with one attached hydrogen (secondary N) is 1. The molecule has 0 unspecified atom stereocenters. The van der Waals surface area contributed by atoms with Crippen molar-refractivity contribution in [3.05, 3.63) is 29.6 Å². The minimum absolute atomic E-state index is 0.709. The molecule has 0 atom stereocenters. The van der Waals surface area contributed by atoms with Crippen LogP contribution in [0, 0.1) is 6.92 Å². The van der Waals surface area contributed by atoms with Crippen LogP contribution in [0.4, 0.5) is 0 Å². The SMILES string of the molecule is CNC1CCN(Cc2ncccc2C)CC1. The van der Waals surface area contributed by atoms with Crippen molar-refractivity contribution in [1.82, 2.24) is 15.2 Å². The van der Waals surface area contributed by atoms with Gasteiger partial charge in [-0.1, -0.05) is 6.07 Å². The van der Waals surface area contributed by atoms with E-state index in [4.69, 9.17) is 0 Å². The van der Waals surface area contributed by atoms with E-state index in [0.717, 1.165) is 6.54 Å². The standard InChI is InChI=1S/C13H21N3/c1-11-4-3-7-15-13(11)10-16-8-5-12(14-2)6-9-16/h3-4,7,12,14H,5-6,8-10H2,1-2H3. The van der Waals surface area contributed by atoms with Gasteiger partial charge in [0.15, 0.2) is 0 Å². The molecular weight excluding hydrogens is 198 g/mol. The number of nitrogens with zero attached hydrogens (tertiary/aromatic N) is 2. The quantitative estimate of drug-likeness (QED) is 0.836. The van der Waals surface area contributed by atoms with Gasteiger partial charge in [0.1, 0.15) is 0 Å². The van der Waals surface area contributed by atoms with Crippen LogP contribution in [0.5, 0.6) is 0 Å². The van der Waals surface area contributed by atoms with Crippen molar-refractivity contribution in [1.29, 1.82) is 0 Å². The molecule has 3 nitrogen and oxygen atoms in total. The Hall–Kier alpha value is -0.930. The van der Waals surface area contributed by atoms with Gasteiger partial charge in [0.05, 0.1) is 5.69 Å². The van der Waals surface area contributed by atoms with Crippen molar-refractivity contribution >= 4 is 0 Å². The largest absolute Gasteiger partial charge is 0.317 e. The van der Waals surface area contributed by atoms with Crippen molar-refractivity contribution < 1.29 is 0 Å².